The first kappa shape index (κ1) is 27.6. The van der Waals surface area contributed by atoms with Gasteiger partial charge in [-0.3, -0.25) is 9.59 Å². The Balaban J connectivity index is 1.63. The van der Waals surface area contributed by atoms with Crippen molar-refractivity contribution in [3.8, 4) is 11.5 Å². The molecule has 0 unspecified atom stereocenters. The summed E-state index contributed by atoms with van der Waals surface area (Å²) < 4.78 is 28.4. The van der Waals surface area contributed by atoms with Crippen molar-refractivity contribution >= 4 is 22.8 Å². The molecular weight excluding hydrogens is 518 g/mol. The second-order valence-corrected chi connectivity index (χ2v) is 10.1. The number of hydrogen-bond donors (Lipinski definition) is 6. The molecule has 1 amide bonds. The Morgan fingerprint density at radius 1 is 1.13 bits per heavy atom. The molecule has 2 aromatic rings. The number of aliphatic hydroxyl groups is 5. The number of fused-ring (bicyclic) bond motifs is 3. The van der Waals surface area contributed by atoms with Gasteiger partial charge in [0.15, 0.2) is 17.6 Å². The van der Waals surface area contributed by atoms with Crippen LogP contribution in [-0.4, -0.2) is 94.7 Å². The Bertz CT molecular complexity index is 1240. The maximum absolute atomic E-state index is 12.7. The number of benzene rings is 1. The van der Waals surface area contributed by atoms with Crippen molar-refractivity contribution in [2.24, 2.45) is 5.92 Å². The van der Waals surface area contributed by atoms with Gasteiger partial charge in [-0.2, -0.15) is 0 Å². The minimum Gasteiger partial charge on any atom is -0.490 e. The molecule has 13 heteroatoms. The standard InChI is InChI=1S/C26H33NO12/c1-3-36-25(34)10-4-5-12-13(6-10)20(38-26-19(31)17(29)18(30)22(39-26)24(32)33)23(35-2)21-16(12)14(9-37-21)11-7-15(28)27-8-11/h9-11,17-19,22,24,26,29-33H,3-8H2,1-2H3,(H,27,28)/t10-,11+,17-,18-,19+,22-,26-/m0/s1. The van der Waals surface area contributed by atoms with E-state index in [0.29, 0.717) is 37.0 Å². The lowest BCUT2D eigenvalue weighted by molar-refractivity contribution is -0.310. The maximum Gasteiger partial charge on any atom is 0.309 e. The third kappa shape index (κ3) is 4.83. The van der Waals surface area contributed by atoms with Gasteiger partial charge in [0.2, 0.25) is 17.9 Å². The Morgan fingerprint density at radius 2 is 1.90 bits per heavy atom. The molecule has 3 aliphatic rings. The smallest absolute Gasteiger partial charge is 0.309 e. The van der Waals surface area contributed by atoms with Gasteiger partial charge >= 0.3 is 5.97 Å². The summed E-state index contributed by atoms with van der Waals surface area (Å²) in [6.45, 7) is 2.38. The van der Waals surface area contributed by atoms with E-state index in [-0.39, 0.29) is 42.3 Å². The van der Waals surface area contributed by atoms with E-state index in [1.807, 2.05) is 0 Å². The van der Waals surface area contributed by atoms with E-state index in [4.69, 9.17) is 23.4 Å². The first-order valence-corrected chi connectivity index (χ1v) is 12.9. The van der Waals surface area contributed by atoms with Gasteiger partial charge in [0, 0.05) is 35.4 Å². The highest BCUT2D eigenvalue weighted by molar-refractivity contribution is 5.95. The number of aryl methyl sites for hydroxylation is 1. The Morgan fingerprint density at radius 3 is 2.54 bits per heavy atom. The molecule has 13 nitrogen and oxygen atoms in total. The number of ether oxygens (including phenoxy) is 4. The van der Waals surface area contributed by atoms with Crippen LogP contribution in [0.25, 0.3) is 11.0 Å². The summed E-state index contributed by atoms with van der Waals surface area (Å²) in [6, 6.07) is 0. The molecule has 3 heterocycles. The summed E-state index contributed by atoms with van der Waals surface area (Å²) in [5, 5.41) is 54.0. The molecule has 7 atom stereocenters. The monoisotopic (exact) mass is 551 g/mol. The predicted octanol–water partition coefficient (Wildman–Crippen LogP) is -0.790. The third-order valence-corrected chi connectivity index (χ3v) is 7.74. The number of rotatable bonds is 7. The van der Waals surface area contributed by atoms with E-state index >= 15 is 0 Å². The summed E-state index contributed by atoms with van der Waals surface area (Å²) >= 11 is 0. The van der Waals surface area contributed by atoms with E-state index in [2.05, 4.69) is 5.32 Å². The van der Waals surface area contributed by atoms with Gasteiger partial charge in [0.05, 0.1) is 25.9 Å². The number of hydrogen-bond acceptors (Lipinski definition) is 12. The highest BCUT2D eigenvalue weighted by Gasteiger charge is 2.48. The predicted molar refractivity (Wildman–Crippen MR) is 131 cm³/mol. The summed E-state index contributed by atoms with van der Waals surface area (Å²) in [5.41, 5.74) is 2.53. The molecule has 0 radical (unpaired) electrons. The number of carbonyl (C=O) groups is 2. The Hall–Kier alpha value is -2.94. The van der Waals surface area contributed by atoms with Crippen LogP contribution >= 0.6 is 0 Å². The van der Waals surface area contributed by atoms with Gasteiger partial charge < -0.3 is 54.2 Å². The number of esters is 1. The SMILES string of the molecule is CCOC(=O)[C@H]1CCc2c(c(O[C@H]3O[C@H](C(O)O)[C@@H](O)[C@H](O)[C@H]3O)c(OC)c3occ([C@H]4CNC(=O)C4)c23)C1. The molecule has 6 N–H and O–H groups in total. The second kappa shape index (κ2) is 10.9. The van der Waals surface area contributed by atoms with Gasteiger partial charge in [0.25, 0.3) is 0 Å². The molecular formula is C26H33NO12. The third-order valence-electron chi connectivity index (χ3n) is 7.74. The lowest BCUT2D eigenvalue weighted by atomic mass is 9.80. The number of aliphatic hydroxyl groups excluding tert-OH is 4. The topological polar surface area (TPSA) is 197 Å². The first-order chi connectivity index (χ1) is 18.7. The van der Waals surface area contributed by atoms with Crippen molar-refractivity contribution in [1.82, 2.24) is 5.32 Å². The fraction of sp³-hybridized carbons (Fsp3) is 0.615. The van der Waals surface area contributed by atoms with Gasteiger partial charge in [0.1, 0.15) is 24.4 Å². The van der Waals surface area contributed by atoms with Crippen LogP contribution in [0.2, 0.25) is 0 Å². The maximum atomic E-state index is 12.7. The van der Waals surface area contributed by atoms with Crippen LogP contribution in [0.15, 0.2) is 10.7 Å². The number of methoxy groups -OCH3 is 1. The molecule has 214 valence electrons. The van der Waals surface area contributed by atoms with Crippen molar-refractivity contribution in [2.75, 3.05) is 20.3 Å². The number of carbonyl (C=O) groups excluding carboxylic acids is 2. The minimum absolute atomic E-state index is 0.0673. The normalized spacial score (nSPS) is 30.8. The van der Waals surface area contributed by atoms with Crippen LogP contribution in [0.5, 0.6) is 11.5 Å². The van der Waals surface area contributed by atoms with Crippen LogP contribution in [0, 0.1) is 5.92 Å². The average Bonchev–Trinajstić information content (AvgIpc) is 3.55. The minimum atomic E-state index is -2.17. The van der Waals surface area contributed by atoms with Crippen molar-refractivity contribution in [2.45, 2.75) is 75.5 Å². The lowest BCUT2D eigenvalue weighted by Gasteiger charge is -2.41. The highest BCUT2D eigenvalue weighted by Crippen LogP contribution is 2.50. The molecule has 1 aliphatic carbocycles. The van der Waals surface area contributed by atoms with Crippen molar-refractivity contribution in [3.63, 3.8) is 0 Å². The second-order valence-electron chi connectivity index (χ2n) is 10.1. The fourth-order valence-corrected chi connectivity index (χ4v) is 5.77. The summed E-state index contributed by atoms with van der Waals surface area (Å²) in [7, 11) is 1.39. The summed E-state index contributed by atoms with van der Waals surface area (Å²) in [4.78, 5) is 24.7. The molecule has 2 saturated heterocycles. The van der Waals surface area contributed by atoms with Crippen molar-refractivity contribution in [3.05, 3.63) is 23.0 Å². The van der Waals surface area contributed by atoms with Gasteiger partial charge in [-0.1, -0.05) is 0 Å². The zero-order chi connectivity index (χ0) is 28.0. The molecule has 2 aliphatic heterocycles. The van der Waals surface area contributed by atoms with Crippen molar-refractivity contribution < 1.29 is 58.5 Å². The molecule has 5 rings (SSSR count). The molecule has 39 heavy (non-hydrogen) atoms. The van der Waals surface area contributed by atoms with E-state index in [0.717, 1.165) is 16.5 Å². The van der Waals surface area contributed by atoms with Gasteiger partial charge in [-0.25, -0.2) is 0 Å². The molecule has 0 spiro atoms. The van der Waals surface area contributed by atoms with E-state index < -0.39 is 42.9 Å². The van der Waals surface area contributed by atoms with Crippen LogP contribution in [0.1, 0.15) is 42.4 Å². The quantitative estimate of drug-likeness (QED) is 0.186. The Kier molecular flexibility index (Phi) is 7.73. The zero-order valence-electron chi connectivity index (χ0n) is 21.5. The zero-order valence-corrected chi connectivity index (χ0v) is 21.5. The van der Waals surface area contributed by atoms with E-state index in [1.165, 1.54) is 7.11 Å². The van der Waals surface area contributed by atoms with E-state index in [1.54, 1.807) is 13.2 Å². The van der Waals surface area contributed by atoms with Gasteiger partial charge in [-0.05, 0) is 31.7 Å². The number of furan rings is 1. The summed E-state index contributed by atoms with van der Waals surface area (Å²) in [6.07, 6.45) is -7.84. The first-order valence-electron chi connectivity index (χ1n) is 12.9. The lowest BCUT2D eigenvalue weighted by Crippen LogP contribution is -2.62. The largest absolute Gasteiger partial charge is 0.490 e. The number of amides is 1. The van der Waals surface area contributed by atoms with Crippen LogP contribution < -0.4 is 14.8 Å². The summed E-state index contributed by atoms with van der Waals surface area (Å²) in [5.74, 6) is -0.856. The molecule has 2 fully saturated rings. The van der Waals surface area contributed by atoms with Crippen LogP contribution in [-0.2, 0) is 31.9 Å². The highest BCUT2D eigenvalue weighted by atomic mass is 16.7. The number of nitrogens with one attached hydrogen (secondary N) is 1. The Labute approximate surface area is 223 Å². The average molecular weight is 552 g/mol. The molecule has 1 aromatic carbocycles. The van der Waals surface area contributed by atoms with E-state index in [9.17, 15) is 35.1 Å². The molecule has 0 bridgehead atoms. The van der Waals surface area contributed by atoms with Gasteiger partial charge in [-0.15, -0.1) is 0 Å². The molecule has 1 aromatic heterocycles. The van der Waals surface area contributed by atoms with Crippen molar-refractivity contribution in [1.29, 1.82) is 0 Å². The van der Waals surface area contributed by atoms with Crippen LogP contribution in [0.3, 0.4) is 0 Å². The molecule has 0 saturated carbocycles. The van der Waals surface area contributed by atoms with Crippen LogP contribution in [0.4, 0.5) is 0 Å². The fourth-order valence-electron chi connectivity index (χ4n) is 5.77.